The molecule has 0 spiro atoms. The third-order valence-electron chi connectivity index (χ3n) is 4.66. The summed E-state index contributed by atoms with van der Waals surface area (Å²) in [7, 11) is 0. The lowest BCUT2D eigenvalue weighted by Crippen LogP contribution is -2.22. The van der Waals surface area contributed by atoms with E-state index in [1.54, 1.807) is 23.1 Å². The van der Waals surface area contributed by atoms with E-state index in [2.05, 4.69) is 4.98 Å². The first-order chi connectivity index (χ1) is 13.1. The van der Waals surface area contributed by atoms with E-state index in [0.717, 1.165) is 16.8 Å². The molecule has 0 atom stereocenters. The molecule has 3 aromatic carbocycles. The normalized spacial score (nSPS) is 13.4. The number of rotatable bonds is 2. The molecule has 0 radical (unpaired) electrons. The first kappa shape index (κ1) is 16.4. The first-order valence-corrected chi connectivity index (χ1v) is 9.11. The van der Waals surface area contributed by atoms with Crippen molar-refractivity contribution in [2.75, 3.05) is 4.90 Å². The molecule has 4 aromatic rings. The van der Waals surface area contributed by atoms with Crippen LogP contribution in [0.5, 0.6) is 0 Å². The first-order valence-electron chi connectivity index (χ1n) is 8.36. The molecule has 1 aliphatic rings. The lowest BCUT2D eigenvalue weighted by atomic mass is 10.1. The summed E-state index contributed by atoms with van der Waals surface area (Å²) in [5.41, 5.74) is 4.43. The zero-order valence-electron chi connectivity index (χ0n) is 13.9. The number of amides is 1. The van der Waals surface area contributed by atoms with Crippen LogP contribution in [0.1, 0.15) is 15.9 Å². The molecule has 132 valence electrons. The minimum atomic E-state index is -0.0115. The van der Waals surface area contributed by atoms with Gasteiger partial charge in [-0.3, -0.25) is 4.79 Å². The van der Waals surface area contributed by atoms with Crippen molar-refractivity contribution in [1.82, 2.24) is 4.98 Å². The Balaban J connectivity index is 1.56. The third kappa shape index (κ3) is 2.69. The Labute approximate surface area is 164 Å². The second-order valence-corrected chi connectivity index (χ2v) is 7.19. The highest BCUT2D eigenvalue weighted by molar-refractivity contribution is 6.35. The molecule has 0 saturated carbocycles. The second kappa shape index (κ2) is 6.12. The minimum Gasteiger partial charge on any atom is -0.436 e. The van der Waals surface area contributed by atoms with Gasteiger partial charge in [0, 0.05) is 22.3 Å². The Hall–Kier alpha value is -2.82. The van der Waals surface area contributed by atoms with E-state index in [4.69, 9.17) is 27.6 Å². The van der Waals surface area contributed by atoms with Crippen LogP contribution < -0.4 is 4.90 Å². The number of carbonyl (C=O) groups excluding carboxylic acids is 1. The van der Waals surface area contributed by atoms with Gasteiger partial charge in [0.05, 0.1) is 17.1 Å². The monoisotopic (exact) mass is 394 g/mol. The molecule has 0 bridgehead atoms. The number of benzene rings is 3. The molecular weight excluding hydrogens is 383 g/mol. The van der Waals surface area contributed by atoms with E-state index in [0.29, 0.717) is 39.1 Å². The molecule has 4 nitrogen and oxygen atoms in total. The molecule has 0 unspecified atom stereocenters. The van der Waals surface area contributed by atoms with Crippen LogP contribution in [-0.2, 0) is 6.54 Å². The summed E-state index contributed by atoms with van der Waals surface area (Å²) in [5, 5.41) is 1.06. The van der Waals surface area contributed by atoms with Crippen LogP contribution in [0.4, 0.5) is 5.69 Å². The van der Waals surface area contributed by atoms with E-state index in [1.807, 2.05) is 42.5 Å². The maximum atomic E-state index is 12.7. The van der Waals surface area contributed by atoms with Gasteiger partial charge in [-0.15, -0.1) is 0 Å². The van der Waals surface area contributed by atoms with Crippen molar-refractivity contribution in [1.29, 1.82) is 0 Å². The van der Waals surface area contributed by atoms with Crippen molar-refractivity contribution < 1.29 is 9.21 Å². The summed E-state index contributed by atoms with van der Waals surface area (Å²) in [6.07, 6.45) is 0. The number of halogens is 2. The van der Waals surface area contributed by atoms with Crippen LogP contribution >= 0.6 is 23.2 Å². The lowest BCUT2D eigenvalue weighted by molar-refractivity contribution is 0.0996. The maximum absolute atomic E-state index is 12.7. The SMILES string of the molecule is O=C1c2ccccc2CN1c1ccc2nc(-c3cc(Cl)ccc3Cl)oc2c1. The van der Waals surface area contributed by atoms with E-state index in [-0.39, 0.29) is 5.91 Å². The van der Waals surface area contributed by atoms with Gasteiger partial charge in [-0.1, -0.05) is 41.4 Å². The largest absolute Gasteiger partial charge is 0.436 e. The molecule has 2 heterocycles. The summed E-state index contributed by atoms with van der Waals surface area (Å²) < 4.78 is 5.91. The molecule has 0 aliphatic carbocycles. The van der Waals surface area contributed by atoms with Crippen LogP contribution in [0.3, 0.4) is 0 Å². The summed E-state index contributed by atoms with van der Waals surface area (Å²) in [4.78, 5) is 18.9. The van der Waals surface area contributed by atoms with E-state index in [1.165, 1.54) is 0 Å². The number of fused-ring (bicyclic) bond motifs is 2. The second-order valence-electron chi connectivity index (χ2n) is 6.34. The van der Waals surface area contributed by atoms with E-state index >= 15 is 0 Å². The molecule has 0 saturated heterocycles. The Morgan fingerprint density at radius 1 is 0.963 bits per heavy atom. The van der Waals surface area contributed by atoms with Crippen molar-refractivity contribution in [2.24, 2.45) is 0 Å². The van der Waals surface area contributed by atoms with Gasteiger partial charge in [-0.2, -0.15) is 0 Å². The van der Waals surface area contributed by atoms with Crippen molar-refractivity contribution in [3.63, 3.8) is 0 Å². The van der Waals surface area contributed by atoms with Gasteiger partial charge in [-0.25, -0.2) is 4.98 Å². The zero-order chi connectivity index (χ0) is 18.5. The van der Waals surface area contributed by atoms with Crippen LogP contribution in [0.15, 0.2) is 65.1 Å². The molecule has 6 heteroatoms. The fourth-order valence-corrected chi connectivity index (χ4v) is 3.69. The molecule has 0 N–H and O–H groups in total. The predicted molar refractivity (Wildman–Crippen MR) is 106 cm³/mol. The zero-order valence-corrected chi connectivity index (χ0v) is 15.5. The van der Waals surface area contributed by atoms with Gasteiger partial charge in [0.2, 0.25) is 5.89 Å². The van der Waals surface area contributed by atoms with Crippen LogP contribution in [-0.4, -0.2) is 10.9 Å². The molecule has 1 amide bonds. The van der Waals surface area contributed by atoms with Crippen molar-refractivity contribution in [2.45, 2.75) is 6.54 Å². The number of hydrogen-bond donors (Lipinski definition) is 0. The molecule has 1 aliphatic heterocycles. The van der Waals surface area contributed by atoms with Gasteiger partial charge < -0.3 is 9.32 Å². The highest BCUT2D eigenvalue weighted by Crippen LogP contribution is 2.35. The number of nitrogens with zero attached hydrogens (tertiary/aromatic N) is 2. The Bertz CT molecular complexity index is 1220. The van der Waals surface area contributed by atoms with E-state index < -0.39 is 0 Å². The van der Waals surface area contributed by atoms with Gasteiger partial charge in [0.25, 0.3) is 5.91 Å². The highest BCUT2D eigenvalue weighted by Gasteiger charge is 2.28. The molecular formula is C21H12Cl2N2O2. The topological polar surface area (TPSA) is 46.3 Å². The Morgan fingerprint density at radius 3 is 2.67 bits per heavy atom. The van der Waals surface area contributed by atoms with Crippen molar-refractivity contribution >= 4 is 45.9 Å². The fraction of sp³-hybridized carbons (Fsp3) is 0.0476. The summed E-state index contributed by atoms with van der Waals surface area (Å²) in [5.74, 6) is 0.383. The number of anilines is 1. The van der Waals surface area contributed by atoms with Gasteiger partial charge >= 0.3 is 0 Å². The number of aromatic nitrogens is 1. The maximum Gasteiger partial charge on any atom is 0.258 e. The van der Waals surface area contributed by atoms with Crippen LogP contribution in [0.25, 0.3) is 22.6 Å². The summed E-state index contributed by atoms with van der Waals surface area (Å²) in [6.45, 7) is 0.543. The summed E-state index contributed by atoms with van der Waals surface area (Å²) in [6, 6.07) is 18.3. The average Bonchev–Trinajstić information content (AvgIpc) is 3.24. The molecule has 5 rings (SSSR count). The Morgan fingerprint density at radius 2 is 1.81 bits per heavy atom. The lowest BCUT2D eigenvalue weighted by Gasteiger charge is -2.15. The van der Waals surface area contributed by atoms with Crippen LogP contribution in [0.2, 0.25) is 10.0 Å². The number of hydrogen-bond acceptors (Lipinski definition) is 3. The van der Waals surface area contributed by atoms with Crippen LogP contribution in [0, 0.1) is 0 Å². The minimum absolute atomic E-state index is 0.0115. The van der Waals surface area contributed by atoms with Gasteiger partial charge in [-0.05, 0) is 42.0 Å². The number of oxazole rings is 1. The number of carbonyl (C=O) groups is 1. The Kier molecular flexibility index (Phi) is 3.71. The highest BCUT2D eigenvalue weighted by atomic mass is 35.5. The quantitative estimate of drug-likeness (QED) is 0.421. The van der Waals surface area contributed by atoms with E-state index in [9.17, 15) is 4.79 Å². The summed E-state index contributed by atoms with van der Waals surface area (Å²) >= 11 is 12.3. The standard InChI is InChI=1S/C21H12Cl2N2O2/c22-13-5-7-17(23)16(9-13)20-24-18-8-6-14(10-19(18)27-20)25-11-12-3-1-2-4-15(12)21(25)26/h1-10H,11H2. The average molecular weight is 395 g/mol. The molecule has 0 fully saturated rings. The molecule has 1 aromatic heterocycles. The predicted octanol–water partition coefficient (Wildman–Crippen LogP) is 5.96. The third-order valence-corrected chi connectivity index (χ3v) is 5.23. The smallest absolute Gasteiger partial charge is 0.258 e. The molecule has 27 heavy (non-hydrogen) atoms. The fourth-order valence-electron chi connectivity index (χ4n) is 3.32. The van der Waals surface area contributed by atoms with Gasteiger partial charge in [0.1, 0.15) is 5.52 Å². The van der Waals surface area contributed by atoms with Crippen molar-refractivity contribution in [3.05, 3.63) is 81.8 Å². The van der Waals surface area contributed by atoms with Crippen molar-refractivity contribution in [3.8, 4) is 11.5 Å². The van der Waals surface area contributed by atoms with Gasteiger partial charge in [0.15, 0.2) is 5.58 Å².